The molecule has 26 heavy (non-hydrogen) atoms. The third kappa shape index (κ3) is 6.08. The molecule has 0 heterocycles. The summed E-state index contributed by atoms with van der Waals surface area (Å²) >= 11 is 0. The monoisotopic (exact) mass is 362 g/mol. The molecule has 0 atom stereocenters. The molecule has 0 aliphatic rings. The molecule has 0 radical (unpaired) electrons. The maximum Gasteiger partial charge on any atom is 0.405 e. The van der Waals surface area contributed by atoms with Crippen LogP contribution in [-0.4, -0.2) is 24.5 Å². The summed E-state index contributed by atoms with van der Waals surface area (Å²) in [5.74, 6) is -1.41. The summed E-state index contributed by atoms with van der Waals surface area (Å²) < 4.78 is 36.7. The van der Waals surface area contributed by atoms with Crippen molar-refractivity contribution in [3.05, 3.63) is 71.3 Å². The van der Waals surface area contributed by atoms with Crippen LogP contribution in [0.3, 0.4) is 0 Å². The number of nitrogens with one attached hydrogen (secondary N) is 2. The Bertz CT molecular complexity index is 812. The van der Waals surface area contributed by atoms with Gasteiger partial charge >= 0.3 is 6.18 Å². The third-order valence-electron chi connectivity index (χ3n) is 3.38. The van der Waals surface area contributed by atoms with Crippen LogP contribution in [0.1, 0.15) is 21.5 Å². The molecular weight excluding hydrogens is 345 g/mol. The summed E-state index contributed by atoms with van der Waals surface area (Å²) in [6.45, 7) is 0.502. The van der Waals surface area contributed by atoms with E-state index in [1.54, 1.807) is 17.5 Å². The van der Waals surface area contributed by atoms with Crippen LogP contribution < -0.4 is 10.6 Å². The van der Waals surface area contributed by atoms with Crippen molar-refractivity contribution in [2.24, 2.45) is 0 Å². The molecule has 0 spiro atoms. The molecule has 4 nitrogen and oxygen atoms in total. The van der Waals surface area contributed by atoms with Crippen molar-refractivity contribution in [1.29, 1.82) is 0 Å². The normalized spacial score (nSPS) is 11.4. The lowest BCUT2D eigenvalue weighted by molar-refractivity contribution is -0.123. The van der Waals surface area contributed by atoms with Crippen molar-refractivity contribution in [2.45, 2.75) is 13.1 Å². The van der Waals surface area contributed by atoms with E-state index in [0.29, 0.717) is 0 Å². The fraction of sp³-hybridized carbons (Fsp3) is 0.158. The van der Waals surface area contributed by atoms with Gasteiger partial charge in [-0.1, -0.05) is 42.0 Å². The predicted octanol–water partition coefficient (Wildman–Crippen LogP) is 3.94. The van der Waals surface area contributed by atoms with Crippen LogP contribution in [0.15, 0.2) is 54.6 Å². The summed E-state index contributed by atoms with van der Waals surface area (Å²) in [6, 6.07) is 13.3. The number of benzene rings is 2. The average Bonchev–Trinajstić information content (AvgIpc) is 2.59. The summed E-state index contributed by atoms with van der Waals surface area (Å²) in [4.78, 5) is 24.0. The Morgan fingerprint density at radius 1 is 1.04 bits per heavy atom. The second-order valence-corrected chi connectivity index (χ2v) is 5.58. The minimum absolute atomic E-state index is 0.0474. The van der Waals surface area contributed by atoms with Gasteiger partial charge in [0.1, 0.15) is 6.54 Å². The van der Waals surface area contributed by atoms with Crippen molar-refractivity contribution >= 4 is 23.6 Å². The number of hydrogen-bond donors (Lipinski definition) is 2. The van der Waals surface area contributed by atoms with Crippen LogP contribution in [-0.2, 0) is 4.79 Å². The highest BCUT2D eigenvalue weighted by atomic mass is 19.4. The number of alkyl halides is 3. The molecule has 2 rings (SSSR count). The summed E-state index contributed by atoms with van der Waals surface area (Å²) in [5.41, 5.74) is 1.99. The first-order valence-electron chi connectivity index (χ1n) is 7.74. The molecule has 0 saturated carbocycles. The Labute approximate surface area is 148 Å². The Hall–Kier alpha value is -3.09. The van der Waals surface area contributed by atoms with Gasteiger partial charge in [0.15, 0.2) is 0 Å². The number of halogens is 3. The quantitative estimate of drug-likeness (QED) is 0.792. The fourth-order valence-corrected chi connectivity index (χ4v) is 2.09. The highest BCUT2D eigenvalue weighted by molar-refractivity contribution is 6.07. The first kappa shape index (κ1) is 19.2. The van der Waals surface area contributed by atoms with Crippen LogP contribution in [0.4, 0.5) is 18.9 Å². The lowest BCUT2D eigenvalue weighted by Crippen LogP contribution is -2.34. The number of para-hydroxylation sites is 1. The Balaban J connectivity index is 2.06. The van der Waals surface area contributed by atoms with E-state index in [1.807, 2.05) is 31.2 Å². The molecule has 2 N–H and O–H groups in total. The minimum atomic E-state index is -4.51. The Morgan fingerprint density at radius 2 is 1.69 bits per heavy atom. The molecule has 2 aromatic rings. The van der Waals surface area contributed by atoms with E-state index < -0.39 is 24.5 Å². The van der Waals surface area contributed by atoms with E-state index in [4.69, 9.17) is 0 Å². The fourth-order valence-electron chi connectivity index (χ4n) is 2.09. The highest BCUT2D eigenvalue weighted by Gasteiger charge is 2.28. The van der Waals surface area contributed by atoms with E-state index in [-0.39, 0.29) is 11.3 Å². The van der Waals surface area contributed by atoms with Gasteiger partial charge in [0.2, 0.25) is 5.91 Å². The van der Waals surface area contributed by atoms with Gasteiger partial charge in [0.05, 0.1) is 11.3 Å². The summed E-state index contributed by atoms with van der Waals surface area (Å²) in [7, 11) is 0. The molecular formula is C19H17F3N2O2. The molecule has 0 aliphatic carbocycles. The average molecular weight is 362 g/mol. The second kappa shape index (κ2) is 8.33. The van der Waals surface area contributed by atoms with Crippen molar-refractivity contribution in [3.8, 4) is 0 Å². The van der Waals surface area contributed by atoms with Gasteiger partial charge in [-0.15, -0.1) is 0 Å². The Morgan fingerprint density at radius 3 is 2.35 bits per heavy atom. The number of carbonyl (C=O) groups is 2. The zero-order chi connectivity index (χ0) is 19.2. The maximum absolute atomic E-state index is 12.2. The molecule has 0 unspecified atom stereocenters. The van der Waals surface area contributed by atoms with Gasteiger partial charge in [0.25, 0.3) is 5.91 Å². The van der Waals surface area contributed by atoms with Crippen LogP contribution in [0.5, 0.6) is 0 Å². The molecule has 0 aromatic heterocycles. The second-order valence-electron chi connectivity index (χ2n) is 5.58. The van der Waals surface area contributed by atoms with E-state index in [1.165, 1.54) is 24.3 Å². The summed E-state index contributed by atoms with van der Waals surface area (Å²) in [6.07, 6.45) is -1.62. The molecule has 0 bridgehead atoms. The van der Waals surface area contributed by atoms with E-state index in [2.05, 4.69) is 5.32 Å². The first-order valence-corrected chi connectivity index (χ1v) is 7.74. The van der Waals surface area contributed by atoms with E-state index in [9.17, 15) is 22.8 Å². The van der Waals surface area contributed by atoms with Gasteiger partial charge in [-0.3, -0.25) is 9.59 Å². The summed E-state index contributed by atoms with van der Waals surface area (Å²) in [5, 5.41) is 4.28. The number of amides is 2. The zero-order valence-corrected chi connectivity index (χ0v) is 13.9. The lowest BCUT2D eigenvalue weighted by atomic mass is 10.1. The van der Waals surface area contributed by atoms with Gasteiger partial charge < -0.3 is 10.6 Å². The SMILES string of the molecule is Cc1ccc(/C=C/C(=O)Nc2ccccc2C(=O)NCC(F)(F)F)cc1. The van der Waals surface area contributed by atoms with Crippen LogP contribution >= 0.6 is 0 Å². The molecule has 0 saturated heterocycles. The molecule has 0 aliphatic heterocycles. The number of anilines is 1. The smallest absolute Gasteiger partial charge is 0.343 e. The molecule has 2 aromatic carbocycles. The van der Waals surface area contributed by atoms with Gasteiger partial charge in [-0.05, 0) is 30.7 Å². The maximum atomic E-state index is 12.2. The standard InChI is InChI=1S/C19H17F3N2O2/c1-13-6-8-14(9-7-13)10-11-17(25)24-16-5-3-2-4-15(16)18(26)23-12-19(20,21)22/h2-11H,12H2,1H3,(H,23,26)(H,24,25)/b11-10+. The largest absolute Gasteiger partial charge is 0.405 e. The van der Waals surface area contributed by atoms with E-state index in [0.717, 1.165) is 11.1 Å². The number of hydrogen-bond acceptors (Lipinski definition) is 2. The topological polar surface area (TPSA) is 58.2 Å². The highest BCUT2D eigenvalue weighted by Crippen LogP contribution is 2.17. The number of aryl methyl sites for hydroxylation is 1. The van der Waals surface area contributed by atoms with Crippen LogP contribution in [0, 0.1) is 6.92 Å². The molecule has 7 heteroatoms. The van der Waals surface area contributed by atoms with Gasteiger partial charge in [-0.25, -0.2) is 0 Å². The predicted molar refractivity (Wildman–Crippen MR) is 93.7 cm³/mol. The van der Waals surface area contributed by atoms with E-state index >= 15 is 0 Å². The molecule has 2 amide bonds. The van der Waals surface area contributed by atoms with Gasteiger partial charge in [0, 0.05) is 6.08 Å². The molecule has 0 fully saturated rings. The van der Waals surface area contributed by atoms with Crippen molar-refractivity contribution in [2.75, 3.05) is 11.9 Å². The minimum Gasteiger partial charge on any atom is -0.343 e. The van der Waals surface area contributed by atoms with Crippen molar-refractivity contribution in [3.63, 3.8) is 0 Å². The number of rotatable bonds is 5. The molecule has 136 valence electrons. The van der Waals surface area contributed by atoms with Crippen molar-refractivity contribution < 1.29 is 22.8 Å². The number of carbonyl (C=O) groups excluding carboxylic acids is 2. The van der Waals surface area contributed by atoms with Gasteiger partial charge in [-0.2, -0.15) is 13.2 Å². The Kier molecular flexibility index (Phi) is 6.16. The third-order valence-corrected chi connectivity index (χ3v) is 3.38. The van der Waals surface area contributed by atoms with Crippen molar-refractivity contribution in [1.82, 2.24) is 5.32 Å². The van der Waals surface area contributed by atoms with Crippen LogP contribution in [0.25, 0.3) is 6.08 Å². The zero-order valence-electron chi connectivity index (χ0n) is 13.9. The lowest BCUT2D eigenvalue weighted by Gasteiger charge is -2.11. The van der Waals surface area contributed by atoms with Crippen LogP contribution in [0.2, 0.25) is 0 Å². The first-order chi connectivity index (χ1) is 12.2.